The van der Waals surface area contributed by atoms with E-state index in [9.17, 15) is 4.21 Å². The van der Waals surface area contributed by atoms with Crippen molar-refractivity contribution in [3.05, 3.63) is 34.3 Å². The van der Waals surface area contributed by atoms with Gasteiger partial charge in [0.15, 0.2) is 0 Å². The predicted molar refractivity (Wildman–Crippen MR) is 72.0 cm³/mol. The molecule has 0 spiro atoms. The van der Waals surface area contributed by atoms with E-state index in [0.29, 0.717) is 11.0 Å². The van der Waals surface area contributed by atoms with Gasteiger partial charge in [-0.3, -0.25) is 4.21 Å². The molecule has 2 rings (SSSR count). The van der Waals surface area contributed by atoms with Crippen molar-refractivity contribution in [2.24, 2.45) is 0 Å². The van der Waals surface area contributed by atoms with E-state index in [1.165, 1.54) is 5.56 Å². The molecule has 88 valence electrons. The summed E-state index contributed by atoms with van der Waals surface area (Å²) in [5, 5.41) is 3.78. The minimum atomic E-state index is -0.724. The molecule has 0 amide bonds. The first kappa shape index (κ1) is 12.3. The maximum atomic E-state index is 12.0. The minimum Gasteiger partial charge on any atom is -0.309 e. The second-order valence-corrected chi connectivity index (χ2v) is 6.93. The maximum absolute atomic E-state index is 12.0. The molecule has 1 aliphatic rings. The standard InChI is InChI=1S/C12H16BrNOS/c1-9-6-7-14-12(8-16(9)15)10-4-2-3-5-11(10)13/h2-5,9,12,14H,6-8H2,1H3. The molecule has 0 saturated carbocycles. The lowest BCUT2D eigenvalue weighted by molar-refractivity contribution is 0.576. The first-order valence-corrected chi connectivity index (χ1v) is 7.71. The number of rotatable bonds is 1. The third-order valence-corrected chi connectivity index (χ3v) is 5.52. The quantitative estimate of drug-likeness (QED) is 0.864. The molecule has 0 bridgehead atoms. The maximum Gasteiger partial charge on any atom is 0.0448 e. The SMILES string of the molecule is CC1CCNC(c2ccccc2Br)CS1=O. The molecular weight excluding hydrogens is 286 g/mol. The molecule has 1 aliphatic heterocycles. The van der Waals surface area contributed by atoms with Crippen LogP contribution in [0.4, 0.5) is 0 Å². The van der Waals surface area contributed by atoms with Crippen LogP contribution in [0.3, 0.4) is 0 Å². The summed E-state index contributed by atoms with van der Waals surface area (Å²) in [6.45, 7) is 3.01. The number of hydrogen-bond acceptors (Lipinski definition) is 2. The third-order valence-electron chi connectivity index (χ3n) is 3.00. The van der Waals surface area contributed by atoms with Gasteiger partial charge in [0.2, 0.25) is 0 Å². The van der Waals surface area contributed by atoms with E-state index in [4.69, 9.17) is 0 Å². The lowest BCUT2D eigenvalue weighted by Crippen LogP contribution is -2.24. The van der Waals surface area contributed by atoms with Crippen LogP contribution in [0, 0.1) is 0 Å². The molecule has 0 radical (unpaired) electrons. The van der Waals surface area contributed by atoms with Gasteiger partial charge in [-0.1, -0.05) is 41.1 Å². The zero-order valence-electron chi connectivity index (χ0n) is 9.28. The Morgan fingerprint density at radius 1 is 1.44 bits per heavy atom. The lowest BCUT2D eigenvalue weighted by atomic mass is 10.1. The van der Waals surface area contributed by atoms with Crippen LogP contribution in [0.15, 0.2) is 28.7 Å². The average Bonchev–Trinajstić information content (AvgIpc) is 2.43. The van der Waals surface area contributed by atoms with Crippen LogP contribution >= 0.6 is 15.9 Å². The molecule has 1 aromatic carbocycles. The topological polar surface area (TPSA) is 29.1 Å². The Bertz CT molecular complexity index is 396. The van der Waals surface area contributed by atoms with Crippen molar-refractivity contribution in [2.75, 3.05) is 12.3 Å². The second-order valence-electron chi connectivity index (χ2n) is 4.17. The molecule has 1 heterocycles. The van der Waals surface area contributed by atoms with Crippen LogP contribution in [0.5, 0.6) is 0 Å². The Kier molecular flexibility index (Phi) is 4.16. The van der Waals surface area contributed by atoms with E-state index in [-0.39, 0.29) is 6.04 Å². The number of hydrogen-bond donors (Lipinski definition) is 1. The van der Waals surface area contributed by atoms with E-state index in [0.717, 1.165) is 17.4 Å². The largest absolute Gasteiger partial charge is 0.309 e. The monoisotopic (exact) mass is 301 g/mol. The summed E-state index contributed by atoms with van der Waals surface area (Å²) in [7, 11) is -0.724. The van der Waals surface area contributed by atoms with Crippen LogP contribution in [0.25, 0.3) is 0 Å². The van der Waals surface area contributed by atoms with Crippen molar-refractivity contribution in [2.45, 2.75) is 24.6 Å². The predicted octanol–water partition coefficient (Wildman–Crippen LogP) is 2.62. The molecular formula is C12H16BrNOS. The first-order chi connectivity index (χ1) is 7.68. The van der Waals surface area contributed by atoms with Gasteiger partial charge in [0, 0.05) is 32.3 Å². The normalized spacial score (nSPS) is 31.0. The summed E-state index contributed by atoms with van der Waals surface area (Å²) in [5.74, 6) is 0.712. The number of benzene rings is 1. The van der Waals surface area contributed by atoms with Crippen molar-refractivity contribution >= 4 is 26.7 Å². The second kappa shape index (κ2) is 5.43. The lowest BCUT2D eigenvalue weighted by Gasteiger charge is -2.17. The van der Waals surface area contributed by atoms with Crippen LogP contribution < -0.4 is 5.32 Å². The molecule has 16 heavy (non-hydrogen) atoms. The van der Waals surface area contributed by atoms with Gasteiger partial charge in [-0.05, 0) is 24.6 Å². The van der Waals surface area contributed by atoms with Crippen molar-refractivity contribution in [1.29, 1.82) is 0 Å². The molecule has 3 unspecified atom stereocenters. The summed E-state index contributed by atoms with van der Waals surface area (Å²) in [4.78, 5) is 0. The number of nitrogens with one attached hydrogen (secondary N) is 1. The Hall–Kier alpha value is -0.190. The van der Waals surface area contributed by atoms with Gasteiger partial charge in [-0.2, -0.15) is 0 Å². The van der Waals surface area contributed by atoms with E-state index >= 15 is 0 Å². The van der Waals surface area contributed by atoms with Crippen LogP contribution in [-0.4, -0.2) is 21.8 Å². The highest BCUT2D eigenvalue weighted by Gasteiger charge is 2.23. The Labute approximate surface area is 107 Å². The average molecular weight is 302 g/mol. The summed E-state index contributed by atoms with van der Waals surface area (Å²) in [6.07, 6.45) is 0.994. The molecule has 1 saturated heterocycles. The fraction of sp³-hybridized carbons (Fsp3) is 0.500. The zero-order valence-corrected chi connectivity index (χ0v) is 11.7. The Morgan fingerprint density at radius 2 is 2.19 bits per heavy atom. The molecule has 2 nitrogen and oxygen atoms in total. The van der Waals surface area contributed by atoms with Crippen LogP contribution in [0.2, 0.25) is 0 Å². The molecule has 1 N–H and O–H groups in total. The summed E-state index contributed by atoms with van der Waals surface area (Å²) >= 11 is 3.55. The third kappa shape index (κ3) is 2.73. The van der Waals surface area contributed by atoms with Crippen molar-refractivity contribution in [3.8, 4) is 0 Å². The van der Waals surface area contributed by atoms with Crippen molar-refractivity contribution < 1.29 is 4.21 Å². The number of halogens is 1. The molecule has 3 atom stereocenters. The summed E-state index contributed by atoms with van der Waals surface area (Å²) < 4.78 is 13.1. The van der Waals surface area contributed by atoms with Gasteiger partial charge in [0.25, 0.3) is 0 Å². The molecule has 1 fully saturated rings. The Balaban J connectivity index is 2.21. The molecule has 0 aliphatic carbocycles. The van der Waals surface area contributed by atoms with Gasteiger partial charge >= 0.3 is 0 Å². The first-order valence-electron chi connectivity index (χ1n) is 5.53. The van der Waals surface area contributed by atoms with Gasteiger partial charge < -0.3 is 5.32 Å². The van der Waals surface area contributed by atoms with E-state index < -0.39 is 10.8 Å². The van der Waals surface area contributed by atoms with E-state index in [1.807, 2.05) is 18.2 Å². The molecule has 4 heteroatoms. The fourth-order valence-electron chi connectivity index (χ4n) is 1.94. The molecule has 0 aromatic heterocycles. The van der Waals surface area contributed by atoms with Gasteiger partial charge in [-0.25, -0.2) is 0 Å². The van der Waals surface area contributed by atoms with Gasteiger partial charge in [0.1, 0.15) is 0 Å². The zero-order chi connectivity index (χ0) is 11.5. The summed E-state index contributed by atoms with van der Waals surface area (Å²) in [6, 6.07) is 8.37. The smallest absolute Gasteiger partial charge is 0.0448 e. The fourth-order valence-corrected chi connectivity index (χ4v) is 3.83. The van der Waals surface area contributed by atoms with Gasteiger partial charge in [-0.15, -0.1) is 0 Å². The highest BCUT2D eigenvalue weighted by molar-refractivity contribution is 9.10. The van der Waals surface area contributed by atoms with Crippen LogP contribution in [0.1, 0.15) is 24.9 Å². The minimum absolute atomic E-state index is 0.210. The van der Waals surface area contributed by atoms with Gasteiger partial charge in [0.05, 0.1) is 0 Å². The van der Waals surface area contributed by atoms with Crippen molar-refractivity contribution in [1.82, 2.24) is 5.32 Å². The highest BCUT2D eigenvalue weighted by Crippen LogP contribution is 2.26. The summed E-state index contributed by atoms with van der Waals surface area (Å²) in [5.41, 5.74) is 1.21. The van der Waals surface area contributed by atoms with Crippen molar-refractivity contribution in [3.63, 3.8) is 0 Å². The van der Waals surface area contributed by atoms with E-state index in [2.05, 4.69) is 34.2 Å². The molecule has 1 aromatic rings. The van der Waals surface area contributed by atoms with Crippen LogP contribution in [-0.2, 0) is 10.8 Å². The highest BCUT2D eigenvalue weighted by atomic mass is 79.9. The Morgan fingerprint density at radius 3 is 2.94 bits per heavy atom. The van der Waals surface area contributed by atoms with E-state index in [1.54, 1.807) is 0 Å².